The number of thiocarbonyl (C=S) groups is 1. The fourth-order valence-corrected chi connectivity index (χ4v) is 4.26. The second kappa shape index (κ2) is 8.67. The van der Waals surface area contributed by atoms with Gasteiger partial charge in [-0.05, 0) is 30.7 Å². The minimum atomic E-state index is -1.14. The first-order valence-corrected chi connectivity index (χ1v) is 9.91. The summed E-state index contributed by atoms with van der Waals surface area (Å²) >= 11 is 6.15. The van der Waals surface area contributed by atoms with E-state index < -0.39 is 22.8 Å². The van der Waals surface area contributed by atoms with Gasteiger partial charge in [0.15, 0.2) is 0 Å². The van der Waals surface area contributed by atoms with Crippen molar-refractivity contribution in [2.24, 2.45) is 0 Å². The third-order valence-corrected chi connectivity index (χ3v) is 5.70. The summed E-state index contributed by atoms with van der Waals surface area (Å²) in [6, 6.07) is 6.44. The molecule has 1 unspecified atom stereocenters. The quantitative estimate of drug-likeness (QED) is 0.290. The Hall–Kier alpha value is -3.18. The maximum atomic E-state index is 12.7. The molecule has 2 heterocycles. The molecule has 1 atom stereocenters. The van der Waals surface area contributed by atoms with Gasteiger partial charge in [-0.2, -0.15) is 0 Å². The molecule has 11 heteroatoms. The van der Waals surface area contributed by atoms with Gasteiger partial charge in [0.05, 0.1) is 28.6 Å². The fraction of sp³-hybridized carbons (Fsp3) is 0.211. The van der Waals surface area contributed by atoms with Crippen LogP contribution in [0.15, 0.2) is 39.7 Å². The molecule has 1 amide bonds. The number of benzene rings is 1. The van der Waals surface area contributed by atoms with E-state index in [1.165, 1.54) is 25.3 Å². The molecule has 1 aliphatic heterocycles. The van der Waals surface area contributed by atoms with Gasteiger partial charge >= 0.3 is 5.97 Å². The number of carbonyl (C=O) groups excluding carboxylic acids is 1. The average molecular weight is 448 g/mol. The maximum absolute atomic E-state index is 12.7. The molecule has 3 rings (SSSR count). The van der Waals surface area contributed by atoms with Crippen LogP contribution in [0.4, 0.5) is 5.69 Å². The molecule has 1 fully saturated rings. The molecule has 1 aromatic heterocycles. The van der Waals surface area contributed by atoms with Crippen LogP contribution in [0.3, 0.4) is 0 Å². The minimum absolute atomic E-state index is 0.151. The van der Waals surface area contributed by atoms with Crippen molar-refractivity contribution in [3.63, 3.8) is 0 Å². The van der Waals surface area contributed by atoms with E-state index in [1.54, 1.807) is 25.1 Å². The number of hydrogen-bond donors (Lipinski definition) is 1. The molecule has 1 aliphatic rings. The van der Waals surface area contributed by atoms with Gasteiger partial charge in [0.25, 0.3) is 11.6 Å². The van der Waals surface area contributed by atoms with Crippen molar-refractivity contribution in [1.82, 2.24) is 4.90 Å². The number of rotatable bonds is 7. The topological polar surface area (TPSA) is 123 Å². The van der Waals surface area contributed by atoms with Crippen molar-refractivity contribution >= 4 is 51.9 Å². The molecule has 0 radical (unpaired) electrons. The molecule has 0 saturated carbocycles. The van der Waals surface area contributed by atoms with E-state index in [1.807, 2.05) is 0 Å². The number of nitrogens with zero attached hydrogens (tertiary/aromatic N) is 2. The van der Waals surface area contributed by atoms with Gasteiger partial charge in [-0.25, -0.2) is 4.79 Å². The Balaban J connectivity index is 1.92. The highest BCUT2D eigenvalue weighted by Gasteiger charge is 2.39. The molecule has 9 nitrogen and oxygen atoms in total. The first kappa shape index (κ1) is 21.5. The fourth-order valence-electron chi connectivity index (χ4n) is 2.92. The zero-order chi connectivity index (χ0) is 22.0. The number of carboxylic acid groups (broad SMARTS) is 1. The predicted octanol–water partition coefficient (Wildman–Crippen LogP) is 3.93. The lowest BCUT2D eigenvalue weighted by Gasteiger charge is -2.21. The van der Waals surface area contributed by atoms with Crippen LogP contribution in [0.2, 0.25) is 0 Å². The summed E-state index contributed by atoms with van der Waals surface area (Å²) in [4.78, 5) is 36.2. The number of nitro groups is 1. The number of amides is 1. The van der Waals surface area contributed by atoms with Gasteiger partial charge in [0.2, 0.25) is 0 Å². The molecule has 0 aliphatic carbocycles. The van der Waals surface area contributed by atoms with E-state index in [2.05, 4.69) is 0 Å². The number of thioether (sulfide) groups is 1. The first-order valence-electron chi connectivity index (χ1n) is 8.69. The number of nitro benzene ring substituents is 1. The van der Waals surface area contributed by atoms with Crippen LogP contribution < -0.4 is 4.74 Å². The number of carboxylic acids is 1. The predicted molar refractivity (Wildman–Crippen MR) is 114 cm³/mol. The smallest absolute Gasteiger partial charge is 0.326 e. The summed E-state index contributed by atoms with van der Waals surface area (Å²) in [5, 5.41) is 20.7. The van der Waals surface area contributed by atoms with Gasteiger partial charge < -0.3 is 14.3 Å². The van der Waals surface area contributed by atoms with Crippen LogP contribution in [0.5, 0.6) is 5.75 Å². The average Bonchev–Trinajstić information content (AvgIpc) is 3.28. The highest BCUT2D eigenvalue weighted by molar-refractivity contribution is 8.26. The van der Waals surface area contributed by atoms with Gasteiger partial charge in [-0.3, -0.25) is 19.8 Å². The van der Waals surface area contributed by atoms with Crippen molar-refractivity contribution in [2.45, 2.75) is 19.4 Å². The Bertz CT molecular complexity index is 1080. The van der Waals surface area contributed by atoms with Crippen LogP contribution in [0, 0.1) is 10.1 Å². The van der Waals surface area contributed by atoms with Crippen molar-refractivity contribution in [2.75, 3.05) is 7.11 Å². The van der Waals surface area contributed by atoms with Gasteiger partial charge in [-0.15, -0.1) is 0 Å². The number of carbonyl (C=O) groups is 2. The van der Waals surface area contributed by atoms with E-state index >= 15 is 0 Å². The zero-order valence-corrected chi connectivity index (χ0v) is 17.5. The molecule has 30 heavy (non-hydrogen) atoms. The summed E-state index contributed by atoms with van der Waals surface area (Å²) in [5.74, 6) is -0.804. The molecule has 1 aromatic carbocycles. The first-order chi connectivity index (χ1) is 14.3. The van der Waals surface area contributed by atoms with E-state index in [9.17, 15) is 24.8 Å². The van der Waals surface area contributed by atoms with E-state index in [-0.39, 0.29) is 38.4 Å². The molecule has 0 spiro atoms. The second-order valence-corrected chi connectivity index (χ2v) is 7.83. The van der Waals surface area contributed by atoms with E-state index in [0.717, 1.165) is 16.7 Å². The SMILES string of the molecule is CCC(C(=O)O)N1C(=O)C(=Cc2ccc(-c3ccc(OC)cc3[N+](=O)[O-])o2)SC1=S. The van der Waals surface area contributed by atoms with Crippen LogP contribution >= 0.6 is 24.0 Å². The summed E-state index contributed by atoms with van der Waals surface area (Å²) in [6.45, 7) is 1.65. The Morgan fingerprint density at radius 3 is 2.77 bits per heavy atom. The Morgan fingerprint density at radius 1 is 1.43 bits per heavy atom. The van der Waals surface area contributed by atoms with Crippen LogP contribution in [-0.4, -0.2) is 44.3 Å². The highest BCUT2D eigenvalue weighted by atomic mass is 32.2. The molecule has 1 N–H and O–H groups in total. The van der Waals surface area contributed by atoms with Crippen molar-refractivity contribution in [1.29, 1.82) is 0 Å². The lowest BCUT2D eigenvalue weighted by atomic mass is 10.1. The lowest BCUT2D eigenvalue weighted by molar-refractivity contribution is -0.384. The molecule has 1 saturated heterocycles. The van der Waals surface area contributed by atoms with Crippen LogP contribution in [0.25, 0.3) is 17.4 Å². The third-order valence-electron chi connectivity index (χ3n) is 4.37. The van der Waals surface area contributed by atoms with E-state index in [4.69, 9.17) is 21.4 Å². The van der Waals surface area contributed by atoms with Gasteiger partial charge in [-0.1, -0.05) is 30.9 Å². The summed E-state index contributed by atoms with van der Waals surface area (Å²) in [5.41, 5.74) is 0.0683. The molecule has 156 valence electrons. The monoisotopic (exact) mass is 448 g/mol. The number of ether oxygens (including phenoxy) is 1. The summed E-state index contributed by atoms with van der Waals surface area (Å²) in [6.07, 6.45) is 1.65. The lowest BCUT2D eigenvalue weighted by Crippen LogP contribution is -2.43. The highest BCUT2D eigenvalue weighted by Crippen LogP contribution is 2.37. The van der Waals surface area contributed by atoms with Crippen LogP contribution in [0.1, 0.15) is 19.1 Å². The van der Waals surface area contributed by atoms with Crippen molar-refractivity contribution in [3.8, 4) is 17.1 Å². The Kier molecular flexibility index (Phi) is 6.22. The third kappa shape index (κ3) is 4.07. The van der Waals surface area contributed by atoms with Gasteiger partial charge in [0, 0.05) is 6.08 Å². The Labute approximate surface area is 180 Å². The molecular weight excluding hydrogens is 432 g/mol. The number of aliphatic carboxylic acids is 1. The van der Waals surface area contributed by atoms with Crippen molar-refractivity contribution < 1.29 is 28.8 Å². The largest absolute Gasteiger partial charge is 0.497 e. The standard InChI is InChI=1S/C19H16N2O7S2/c1-3-13(18(23)24)20-17(22)16(30-19(20)29)9-11-5-7-15(28-11)12-6-4-10(27-2)8-14(12)21(25)26/h4-9,13H,3H2,1-2H3,(H,23,24). The summed E-state index contributed by atoms with van der Waals surface area (Å²) < 4.78 is 10.9. The number of hydrogen-bond acceptors (Lipinski definition) is 8. The summed E-state index contributed by atoms with van der Waals surface area (Å²) in [7, 11) is 1.41. The molecule has 0 bridgehead atoms. The van der Waals surface area contributed by atoms with Gasteiger partial charge in [0.1, 0.15) is 27.6 Å². The second-order valence-electron chi connectivity index (χ2n) is 6.16. The van der Waals surface area contributed by atoms with Crippen LogP contribution in [-0.2, 0) is 9.59 Å². The van der Waals surface area contributed by atoms with E-state index in [0.29, 0.717) is 5.75 Å². The minimum Gasteiger partial charge on any atom is -0.497 e. The zero-order valence-electron chi connectivity index (χ0n) is 15.9. The normalized spacial score (nSPS) is 16.2. The molecular formula is C19H16N2O7S2. The number of methoxy groups -OCH3 is 1. The van der Waals surface area contributed by atoms with Crippen molar-refractivity contribution in [3.05, 3.63) is 51.1 Å². The molecule has 2 aromatic rings. The maximum Gasteiger partial charge on any atom is 0.326 e. The number of furan rings is 1. The Morgan fingerprint density at radius 2 is 2.17 bits per heavy atom.